The maximum Gasteiger partial charge on any atom is 0.305 e. The van der Waals surface area contributed by atoms with Crippen molar-refractivity contribution in [2.75, 3.05) is 11.4 Å². The van der Waals surface area contributed by atoms with Crippen LogP contribution in [-0.4, -0.2) is 23.5 Å². The maximum absolute atomic E-state index is 12.3. The summed E-state index contributed by atoms with van der Waals surface area (Å²) < 4.78 is 0. The molecular formula is C15H21NO3. The van der Waals surface area contributed by atoms with E-state index in [-0.39, 0.29) is 24.8 Å². The summed E-state index contributed by atoms with van der Waals surface area (Å²) in [4.78, 5) is 24.6. The number of rotatable bonds is 6. The fourth-order valence-corrected chi connectivity index (χ4v) is 1.74. The molecule has 0 aliphatic rings. The normalized spacial score (nSPS) is 11.9. The van der Waals surface area contributed by atoms with Gasteiger partial charge in [0.2, 0.25) is 5.91 Å². The average molecular weight is 263 g/mol. The van der Waals surface area contributed by atoms with E-state index in [1.165, 1.54) is 0 Å². The number of nitrogens with zero attached hydrogens (tertiary/aromatic N) is 1. The summed E-state index contributed by atoms with van der Waals surface area (Å²) in [6.07, 6.45) is 0.699. The molecule has 1 atom stereocenters. The number of aryl methyl sites for hydroxylation is 1. The number of benzene rings is 1. The Morgan fingerprint density at radius 3 is 2.32 bits per heavy atom. The van der Waals surface area contributed by atoms with Crippen molar-refractivity contribution in [1.29, 1.82) is 0 Å². The summed E-state index contributed by atoms with van der Waals surface area (Å²) in [6, 6.07) is 7.56. The van der Waals surface area contributed by atoms with Crippen LogP contribution in [0.15, 0.2) is 24.3 Å². The van der Waals surface area contributed by atoms with Crippen molar-refractivity contribution >= 4 is 17.6 Å². The van der Waals surface area contributed by atoms with Crippen molar-refractivity contribution in [3.05, 3.63) is 29.8 Å². The van der Waals surface area contributed by atoms with Gasteiger partial charge in [-0.2, -0.15) is 0 Å². The minimum atomic E-state index is -0.894. The molecule has 1 aromatic rings. The lowest BCUT2D eigenvalue weighted by Gasteiger charge is -2.25. The molecule has 1 amide bonds. The monoisotopic (exact) mass is 263 g/mol. The fraction of sp³-hybridized carbons (Fsp3) is 0.467. The SMILES string of the molecule is CCC(C)C(=O)N(CCC(=O)O)c1ccc(C)cc1. The molecule has 0 spiro atoms. The molecule has 0 saturated carbocycles. The number of carboxylic acids is 1. The van der Waals surface area contributed by atoms with Gasteiger partial charge in [0.05, 0.1) is 6.42 Å². The van der Waals surface area contributed by atoms with Crippen molar-refractivity contribution in [1.82, 2.24) is 0 Å². The van der Waals surface area contributed by atoms with E-state index in [1.54, 1.807) is 4.90 Å². The molecule has 0 saturated heterocycles. The van der Waals surface area contributed by atoms with Crippen LogP contribution in [-0.2, 0) is 9.59 Å². The lowest BCUT2D eigenvalue weighted by molar-refractivity contribution is -0.136. The lowest BCUT2D eigenvalue weighted by atomic mass is 10.1. The topological polar surface area (TPSA) is 57.6 Å². The van der Waals surface area contributed by atoms with Crippen molar-refractivity contribution < 1.29 is 14.7 Å². The van der Waals surface area contributed by atoms with Crippen LogP contribution in [0.25, 0.3) is 0 Å². The highest BCUT2D eigenvalue weighted by molar-refractivity contribution is 5.95. The van der Waals surface area contributed by atoms with Gasteiger partial charge >= 0.3 is 5.97 Å². The largest absolute Gasteiger partial charge is 0.481 e. The first-order valence-corrected chi connectivity index (χ1v) is 6.55. The van der Waals surface area contributed by atoms with Gasteiger partial charge in [0, 0.05) is 18.2 Å². The molecule has 1 aromatic carbocycles. The van der Waals surface area contributed by atoms with E-state index < -0.39 is 5.97 Å². The Labute approximate surface area is 114 Å². The summed E-state index contributed by atoms with van der Waals surface area (Å²) in [7, 11) is 0. The molecule has 0 aliphatic heterocycles. The zero-order valence-electron chi connectivity index (χ0n) is 11.7. The average Bonchev–Trinajstić information content (AvgIpc) is 2.39. The van der Waals surface area contributed by atoms with Crippen LogP contribution in [0.4, 0.5) is 5.69 Å². The van der Waals surface area contributed by atoms with Gasteiger partial charge in [0.15, 0.2) is 0 Å². The predicted octanol–water partition coefficient (Wildman–Crippen LogP) is 2.85. The Kier molecular flexibility index (Phi) is 5.55. The molecule has 1 N–H and O–H groups in total. The molecule has 0 radical (unpaired) electrons. The summed E-state index contributed by atoms with van der Waals surface area (Å²) in [5.41, 5.74) is 1.87. The van der Waals surface area contributed by atoms with E-state index in [9.17, 15) is 9.59 Å². The predicted molar refractivity (Wildman–Crippen MR) is 75.2 cm³/mol. The lowest BCUT2D eigenvalue weighted by Crippen LogP contribution is -2.36. The quantitative estimate of drug-likeness (QED) is 0.858. The standard InChI is InChI=1S/C15H21NO3/c1-4-12(3)15(19)16(10-9-14(17)18)13-7-5-11(2)6-8-13/h5-8,12H,4,9-10H2,1-3H3,(H,17,18). The molecule has 104 valence electrons. The van der Waals surface area contributed by atoms with Crippen LogP contribution in [0.2, 0.25) is 0 Å². The number of carbonyl (C=O) groups is 2. The second-order valence-corrected chi connectivity index (χ2v) is 4.78. The highest BCUT2D eigenvalue weighted by atomic mass is 16.4. The number of carbonyl (C=O) groups excluding carboxylic acids is 1. The minimum absolute atomic E-state index is 0.0207. The molecule has 0 bridgehead atoms. The second kappa shape index (κ2) is 6.92. The van der Waals surface area contributed by atoms with Gasteiger partial charge in [-0.3, -0.25) is 9.59 Å². The minimum Gasteiger partial charge on any atom is -0.481 e. The molecular weight excluding hydrogens is 242 g/mol. The number of hydrogen-bond donors (Lipinski definition) is 1. The molecule has 0 fully saturated rings. The Morgan fingerprint density at radius 2 is 1.84 bits per heavy atom. The van der Waals surface area contributed by atoms with E-state index in [2.05, 4.69) is 0 Å². The van der Waals surface area contributed by atoms with Crippen LogP contribution in [0.5, 0.6) is 0 Å². The van der Waals surface area contributed by atoms with Crippen molar-refractivity contribution in [3.63, 3.8) is 0 Å². The highest BCUT2D eigenvalue weighted by Crippen LogP contribution is 2.19. The van der Waals surface area contributed by atoms with Crippen molar-refractivity contribution in [2.24, 2.45) is 5.92 Å². The number of amides is 1. The number of carboxylic acid groups (broad SMARTS) is 1. The first-order chi connectivity index (χ1) is 8.95. The van der Waals surface area contributed by atoms with E-state index in [4.69, 9.17) is 5.11 Å². The van der Waals surface area contributed by atoms with Gasteiger partial charge in [0.25, 0.3) is 0 Å². The zero-order valence-corrected chi connectivity index (χ0v) is 11.7. The molecule has 0 aliphatic carbocycles. The third-order valence-electron chi connectivity index (χ3n) is 3.19. The summed E-state index contributed by atoms with van der Waals surface area (Å²) >= 11 is 0. The van der Waals surface area contributed by atoms with E-state index >= 15 is 0 Å². The Balaban J connectivity index is 2.94. The maximum atomic E-state index is 12.3. The van der Waals surface area contributed by atoms with Gasteiger partial charge in [-0.25, -0.2) is 0 Å². The molecule has 19 heavy (non-hydrogen) atoms. The van der Waals surface area contributed by atoms with Crippen molar-refractivity contribution in [3.8, 4) is 0 Å². The molecule has 4 heteroatoms. The van der Waals surface area contributed by atoms with E-state index in [0.29, 0.717) is 0 Å². The molecule has 1 unspecified atom stereocenters. The first kappa shape index (κ1) is 15.2. The molecule has 1 rings (SSSR count). The van der Waals surface area contributed by atoms with Crippen LogP contribution in [0.1, 0.15) is 32.3 Å². The van der Waals surface area contributed by atoms with Crippen LogP contribution < -0.4 is 4.90 Å². The van der Waals surface area contributed by atoms with Gasteiger partial charge in [0.1, 0.15) is 0 Å². The summed E-state index contributed by atoms with van der Waals surface area (Å²) in [5.74, 6) is -1.02. The first-order valence-electron chi connectivity index (χ1n) is 6.55. The van der Waals surface area contributed by atoms with Gasteiger partial charge in [-0.05, 0) is 25.5 Å². The van der Waals surface area contributed by atoms with Gasteiger partial charge < -0.3 is 10.0 Å². The van der Waals surface area contributed by atoms with Crippen molar-refractivity contribution in [2.45, 2.75) is 33.6 Å². The summed E-state index contributed by atoms with van der Waals surface area (Å²) in [6.45, 7) is 6.00. The van der Waals surface area contributed by atoms with E-state index in [1.807, 2.05) is 45.0 Å². The third-order valence-corrected chi connectivity index (χ3v) is 3.19. The Morgan fingerprint density at radius 1 is 1.26 bits per heavy atom. The Hall–Kier alpha value is -1.84. The molecule has 0 aromatic heterocycles. The number of hydrogen-bond acceptors (Lipinski definition) is 2. The van der Waals surface area contributed by atoms with Gasteiger partial charge in [-0.15, -0.1) is 0 Å². The second-order valence-electron chi connectivity index (χ2n) is 4.78. The summed E-state index contributed by atoms with van der Waals surface area (Å²) in [5, 5.41) is 8.79. The van der Waals surface area contributed by atoms with Crippen LogP contribution in [0, 0.1) is 12.8 Å². The molecule has 4 nitrogen and oxygen atoms in total. The molecule has 0 heterocycles. The highest BCUT2D eigenvalue weighted by Gasteiger charge is 2.21. The Bertz CT molecular complexity index is 439. The van der Waals surface area contributed by atoms with Gasteiger partial charge in [-0.1, -0.05) is 31.5 Å². The third kappa shape index (κ3) is 4.39. The smallest absolute Gasteiger partial charge is 0.305 e. The number of anilines is 1. The van der Waals surface area contributed by atoms with Crippen LogP contribution >= 0.6 is 0 Å². The fourth-order valence-electron chi connectivity index (χ4n) is 1.74. The zero-order chi connectivity index (χ0) is 14.4. The van der Waals surface area contributed by atoms with Crippen LogP contribution in [0.3, 0.4) is 0 Å². The van der Waals surface area contributed by atoms with E-state index in [0.717, 1.165) is 17.7 Å². The number of aliphatic carboxylic acids is 1.